The molecule has 292 valence electrons. The van der Waals surface area contributed by atoms with Gasteiger partial charge in [-0.3, -0.25) is 18.9 Å². The fourth-order valence-corrected chi connectivity index (χ4v) is 8.59. The van der Waals surface area contributed by atoms with Crippen LogP contribution in [0.3, 0.4) is 0 Å². The van der Waals surface area contributed by atoms with Crippen molar-refractivity contribution < 1.29 is 44.0 Å². The number of rotatable bonds is 11. The van der Waals surface area contributed by atoms with Gasteiger partial charge in [0.15, 0.2) is 5.82 Å². The molecule has 1 amide bonds. The van der Waals surface area contributed by atoms with Crippen LogP contribution in [0.25, 0.3) is 33.3 Å². The molecule has 4 heterocycles. The number of aryl methyl sites for hydroxylation is 1. The molecule has 4 aromatic heterocycles. The molecule has 0 radical (unpaired) electrons. The maximum absolute atomic E-state index is 15.4. The number of hydrogen-bond acceptors (Lipinski definition) is 8. The number of aromatic nitrogens is 6. The molecule has 1 unspecified atom stereocenters. The number of carbonyl (C=O) groups is 1. The van der Waals surface area contributed by atoms with E-state index in [4.69, 9.17) is 21.0 Å². The lowest BCUT2D eigenvalue weighted by Gasteiger charge is -2.23. The number of oxazole rings is 1. The number of fused-ring (bicyclic) bond motifs is 5. The third kappa shape index (κ3) is 6.24. The number of nitrogens with one attached hydrogen (secondary N) is 2. The van der Waals surface area contributed by atoms with Gasteiger partial charge < -0.3 is 9.73 Å². The number of halogens is 7. The van der Waals surface area contributed by atoms with Crippen molar-refractivity contribution in [2.24, 2.45) is 13.0 Å². The zero-order valence-corrected chi connectivity index (χ0v) is 30.8. The summed E-state index contributed by atoms with van der Waals surface area (Å²) < 4.78 is 123. The number of hydrogen-bond donors (Lipinski definition) is 2. The van der Waals surface area contributed by atoms with Crippen molar-refractivity contribution in [3.05, 3.63) is 87.2 Å². The van der Waals surface area contributed by atoms with Crippen molar-refractivity contribution in [2.75, 3.05) is 11.0 Å². The Morgan fingerprint density at radius 2 is 1.79 bits per heavy atom. The minimum absolute atomic E-state index is 0.0331. The predicted molar refractivity (Wildman–Crippen MR) is 190 cm³/mol. The second kappa shape index (κ2) is 12.7. The van der Waals surface area contributed by atoms with E-state index in [0.29, 0.717) is 33.2 Å². The van der Waals surface area contributed by atoms with Crippen LogP contribution >= 0.6 is 11.6 Å². The van der Waals surface area contributed by atoms with Gasteiger partial charge in [-0.15, -0.1) is 0 Å². The maximum atomic E-state index is 15.4. The van der Waals surface area contributed by atoms with E-state index in [2.05, 4.69) is 25.2 Å². The molecule has 9 rings (SSSR count). The number of carbonyl (C=O) groups excluding carboxylic acids is 1. The fourth-order valence-electron chi connectivity index (χ4n) is 7.86. The Hall–Kier alpha value is -5.17. The summed E-state index contributed by atoms with van der Waals surface area (Å²) in [4.78, 5) is 23.4. The van der Waals surface area contributed by atoms with E-state index in [9.17, 15) is 30.8 Å². The van der Waals surface area contributed by atoms with Crippen molar-refractivity contribution in [3.63, 3.8) is 0 Å². The molecule has 2 fully saturated rings. The molecule has 0 aliphatic heterocycles. The van der Waals surface area contributed by atoms with Crippen molar-refractivity contribution in [3.8, 4) is 11.1 Å². The summed E-state index contributed by atoms with van der Waals surface area (Å²) in [5.74, 6) is -7.79. The number of sulfonamides is 1. The summed E-state index contributed by atoms with van der Waals surface area (Å²) in [5.41, 5.74) is -0.265. The van der Waals surface area contributed by atoms with Gasteiger partial charge in [0.25, 0.3) is 12.3 Å². The molecule has 56 heavy (non-hydrogen) atoms. The van der Waals surface area contributed by atoms with Crippen LogP contribution in [-0.2, 0) is 40.8 Å². The van der Waals surface area contributed by atoms with Crippen molar-refractivity contribution in [1.29, 1.82) is 0 Å². The highest BCUT2D eigenvalue weighted by Crippen LogP contribution is 2.68. The molecule has 2 N–H and O–H groups in total. The largest absolute Gasteiger partial charge is 0.422 e. The first-order valence-electron chi connectivity index (χ1n) is 17.4. The molecule has 0 spiro atoms. The minimum atomic E-state index is -3.82. The summed E-state index contributed by atoms with van der Waals surface area (Å²) in [7, 11) is -2.27. The average Bonchev–Trinajstić information content (AvgIpc) is 3.98. The summed E-state index contributed by atoms with van der Waals surface area (Å²) in [6.07, 6.45) is -0.810. The van der Waals surface area contributed by atoms with Crippen LogP contribution in [-0.4, -0.2) is 50.1 Å². The SMILES string of the molecule is Cn1nc(NS(C)(=O)=O)c2c(Cl)ccc(-c3cc4nc(C5CC5)oc4nc3[C@H](Cc3cc(F)cc(F)c3)NC(=O)Cn3nc(C(F)F)c4c3C(F)(F)[C@@H]3CC43)c21. The Morgan fingerprint density at radius 3 is 2.46 bits per heavy atom. The van der Waals surface area contributed by atoms with Crippen LogP contribution in [0.2, 0.25) is 5.02 Å². The molecular formula is C36H29ClF6N8O4S. The molecular weight excluding hydrogens is 790 g/mol. The normalized spacial score (nSPS) is 19.1. The first-order chi connectivity index (χ1) is 26.5. The van der Waals surface area contributed by atoms with Gasteiger partial charge in [-0.25, -0.2) is 35.9 Å². The van der Waals surface area contributed by atoms with Crippen LogP contribution in [0.4, 0.5) is 32.2 Å². The van der Waals surface area contributed by atoms with E-state index in [-0.39, 0.29) is 63.1 Å². The Balaban J connectivity index is 1.20. The van der Waals surface area contributed by atoms with E-state index in [1.165, 1.54) is 10.7 Å². The standard InChI is InChI=1S/C36H29ClF6N8O4S/c1-50-30-18(5-6-22(37)27(30)33(48-50)49-56(2,53)54)19-12-24-35(55-34(45-24)15-3-4-15)46-28(19)23(9-14-7-16(38)10-17(39)8-14)44-25(52)13-51-31-26(29(47-51)32(40)41)20-11-21(20)36(31,42)43/h5-8,10,12,15,20-21,23,32H,3-4,9,11,13H2,1-2H3,(H,44,52)(H,48,49)/t20?,21-,23+/m1/s1. The van der Waals surface area contributed by atoms with E-state index in [0.717, 1.165) is 31.2 Å². The summed E-state index contributed by atoms with van der Waals surface area (Å²) in [6.45, 7) is -0.892. The van der Waals surface area contributed by atoms with Crippen LogP contribution in [0, 0.1) is 17.6 Å². The second-order valence-corrected chi connectivity index (χ2v) is 16.7. The van der Waals surface area contributed by atoms with Crippen LogP contribution < -0.4 is 10.0 Å². The molecule has 2 saturated carbocycles. The van der Waals surface area contributed by atoms with Gasteiger partial charge in [0.05, 0.1) is 33.9 Å². The molecule has 20 heteroatoms. The number of nitrogens with zero attached hydrogens (tertiary/aromatic N) is 6. The molecule has 6 aromatic rings. The zero-order chi connectivity index (χ0) is 39.6. The molecule has 0 bridgehead atoms. The fraction of sp³-hybridized carbons (Fsp3) is 0.361. The number of amides is 1. The molecule has 3 atom stereocenters. The van der Waals surface area contributed by atoms with Crippen molar-refractivity contribution in [1.82, 2.24) is 34.8 Å². The summed E-state index contributed by atoms with van der Waals surface area (Å²) in [5, 5.41) is 11.2. The predicted octanol–water partition coefficient (Wildman–Crippen LogP) is 7.40. The van der Waals surface area contributed by atoms with Crippen molar-refractivity contribution >= 4 is 55.5 Å². The third-order valence-corrected chi connectivity index (χ3v) is 11.2. The maximum Gasteiger partial charge on any atom is 0.293 e. The lowest BCUT2D eigenvalue weighted by atomic mass is 9.94. The number of anilines is 1. The van der Waals surface area contributed by atoms with E-state index in [1.54, 1.807) is 19.2 Å². The Labute approximate surface area is 318 Å². The van der Waals surface area contributed by atoms with Crippen LogP contribution in [0.5, 0.6) is 0 Å². The average molecular weight is 819 g/mol. The van der Waals surface area contributed by atoms with Gasteiger partial charge in [0.1, 0.15) is 35.1 Å². The summed E-state index contributed by atoms with van der Waals surface area (Å²) >= 11 is 6.61. The topological polar surface area (TPSA) is 150 Å². The van der Waals surface area contributed by atoms with E-state index in [1.807, 2.05) is 0 Å². The van der Waals surface area contributed by atoms with Crippen LogP contribution in [0.1, 0.15) is 77.7 Å². The van der Waals surface area contributed by atoms with Gasteiger partial charge in [0, 0.05) is 41.6 Å². The second-order valence-electron chi connectivity index (χ2n) is 14.5. The highest BCUT2D eigenvalue weighted by atomic mass is 35.5. The highest BCUT2D eigenvalue weighted by molar-refractivity contribution is 7.92. The number of pyridine rings is 1. The lowest BCUT2D eigenvalue weighted by molar-refractivity contribution is -0.123. The molecule has 3 aliphatic rings. The Morgan fingerprint density at radius 1 is 1.05 bits per heavy atom. The zero-order valence-electron chi connectivity index (χ0n) is 29.3. The molecule has 3 aliphatic carbocycles. The third-order valence-electron chi connectivity index (χ3n) is 10.4. The van der Waals surface area contributed by atoms with Gasteiger partial charge in [-0.05, 0) is 61.4 Å². The quantitative estimate of drug-likeness (QED) is 0.129. The van der Waals surface area contributed by atoms with Gasteiger partial charge in [-0.2, -0.15) is 19.0 Å². The van der Waals surface area contributed by atoms with Gasteiger partial charge >= 0.3 is 0 Å². The first kappa shape index (κ1) is 36.5. The van der Waals surface area contributed by atoms with Crippen molar-refractivity contribution in [2.45, 2.75) is 62.5 Å². The van der Waals surface area contributed by atoms with Gasteiger partial charge in [0.2, 0.25) is 27.5 Å². The van der Waals surface area contributed by atoms with Crippen LogP contribution in [0.15, 0.2) is 40.8 Å². The summed E-state index contributed by atoms with van der Waals surface area (Å²) in [6, 6.07) is 6.22. The minimum Gasteiger partial charge on any atom is -0.422 e. The Bertz CT molecular complexity index is 2730. The Kier molecular flexibility index (Phi) is 8.25. The number of benzene rings is 2. The molecule has 12 nitrogen and oxygen atoms in total. The van der Waals surface area contributed by atoms with Gasteiger partial charge in [-0.1, -0.05) is 17.7 Å². The molecule has 2 aromatic carbocycles. The molecule has 0 saturated heterocycles. The lowest BCUT2D eigenvalue weighted by Crippen LogP contribution is -2.35. The smallest absolute Gasteiger partial charge is 0.293 e. The first-order valence-corrected chi connectivity index (χ1v) is 19.7. The van der Waals surface area contributed by atoms with E-state index >= 15 is 8.78 Å². The monoisotopic (exact) mass is 818 g/mol. The number of alkyl halides is 4. The highest BCUT2D eigenvalue weighted by Gasteiger charge is 2.67. The van der Waals surface area contributed by atoms with E-state index < -0.39 is 75.7 Å².